The molecule has 3 N–H and O–H groups in total. The zero-order valence-corrected chi connectivity index (χ0v) is 16.2. The third-order valence-electron chi connectivity index (χ3n) is 3.88. The van der Waals surface area contributed by atoms with Crippen LogP contribution in [0, 0.1) is 6.92 Å². The van der Waals surface area contributed by atoms with Crippen molar-refractivity contribution in [3.05, 3.63) is 76.5 Å². The summed E-state index contributed by atoms with van der Waals surface area (Å²) in [4.78, 5) is 23.3. The van der Waals surface area contributed by atoms with Crippen molar-refractivity contribution in [1.82, 2.24) is 5.32 Å². The summed E-state index contributed by atoms with van der Waals surface area (Å²) in [6.45, 7) is 1.90. The second kappa shape index (κ2) is 8.24. The van der Waals surface area contributed by atoms with Gasteiger partial charge in [-0.15, -0.1) is 0 Å². The summed E-state index contributed by atoms with van der Waals surface area (Å²) in [6, 6.07) is 14.8. The summed E-state index contributed by atoms with van der Waals surface area (Å²) < 4.78 is 5.59. The molecular weight excluding hydrogens is 400 g/mol. The lowest BCUT2D eigenvalue weighted by Crippen LogP contribution is -2.33. The molecule has 0 aliphatic rings. The Labute approximate surface area is 171 Å². The van der Waals surface area contributed by atoms with Crippen LogP contribution in [0.2, 0.25) is 5.02 Å². The van der Waals surface area contributed by atoms with Crippen LogP contribution in [0.4, 0.5) is 5.69 Å². The van der Waals surface area contributed by atoms with E-state index in [-0.39, 0.29) is 16.4 Å². The van der Waals surface area contributed by atoms with E-state index in [2.05, 4.69) is 10.6 Å². The van der Waals surface area contributed by atoms with Crippen molar-refractivity contribution in [2.75, 3.05) is 5.32 Å². The molecule has 0 atom stereocenters. The van der Waals surface area contributed by atoms with Crippen LogP contribution in [0.1, 0.15) is 26.5 Å². The van der Waals surface area contributed by atoms with Crippen LogP contribution < -0.4 is 10.6 Å². The van der Waals surface area contributed by atoms with Gasteiger partial charge in [-0.3, -0.25) is 10.1 Å². The number of halogens is 1. The van der Waals surface area contributed by atoms with E-state index in [0.717, 1.165) is 11.1 Å². The first kappa shape index (κ1) is 19.6. The number of hydrogen-bond donors (Lipinski definition) is 3. The zero-order valence-electron chi connectivity index (χ0n) is 14.7. The van der Waals surface area contributed by atoms with E-state index < -0.39 is 11.9 Å². The van der Waals surface area contributed by atoms with Crippen molar-refractivity contribution in [3.63, 3.8) is 0 Å². The number of anilines is 1. The van der Waals surface area contributed by atoms with Crippen LogP contribution in [0.15, 0.2) is 59.0 Å². The molecule has 1 amide bonds. The van der Waals surface area contributed by atoms with E-state index >= 15 is 0 Å². The van der Waals surface area contributed by atoms with Crippen molar-refractivity contribution in [3.8, 4) is 11.3 Å². The molecule has 142 valence electrons. The molecule has 2 aromatic carbocycles. The highest BCUT2D eigenvalue weighted by atomic mass is 35.5. The standard InChI is InChI=1S/C20H15ClN2O4S/c1-11-5-6-12(10-15(11)21)16-7-8-17(27-16)18(24)23-20(28)22-14-4-2-3-13(9-14)19(25)26/h2-10H,1H3,(H,25,26)(H2,22,23,24,28). The molecule has 0 saturated heterocycles. The lowest BCUT2D eigenvalue weighted by atomic mass is 10.1. The number of benzene rings is 2. The van der Waals surface area contributed by atoms with Gasteiger partial charge in [-0.05, 0) is 61.1 Å². The lowest BCUT2D eigenvalue weighted by molar-refractivity contribution is 0.0696. The molecule has 0 spiro atoms. The quantitative estimate of drug-likeness (QED) is 0.534. The summed E-state index contributed by atoms with van der Waals surface area (Å²) in [5.74, 6) is -1.01. The second-order valence-corrected chi connectivity index (χ2v) is 6.74. The first-order chi connectivity index (χ1) is 13.3. The maximum Gasteiger partial charge on any atom is 0.335 e. The van der Waals surface area contributed by atoms with Crippen molar-refractivity contribution >= 4 is 46.5 Å². The first-order valence-corrected chi connectivity index (χ1v) is 8.94. The molecule has 0 unspecified atom stereocenters. The number of thiocarbonyl (C=S) groups is 1. The fraction of sp³-hybridized carbons (Fsp3) is 0.0500. The molecule has 0 bridgehead atoms. The molecule has 0 radical (unpaired) electrons. The second-order valence-electron chi connectivity index (χ2n) is 5.92. The van der Waals surface area contributed by atoms with Gasteiger partial charge in [0, 0.05) is 16.3 Å². The SMILES string of the molecule is Cc1ccc(-c2ccc(C(=O)NC(=S)Nc3cccc(C(=O)O)c3)o2)cc1Cl. The number of furan rings is 1. The van der Waals surface area contributed by atoms with Gasteiger partial charge in [-0.1, -0.05) is 29.8 Å². The number of carboxylic acids is 1. The van der Waals surface area contributed by atoms with E-state index in [9.17, 15) is 9.59 Å². The highest BCUT2D eigenvalue weighted by Gasteiger charge is 2.14. The molecule has 6 nitrogen and oxygen atoms in total. The number of aromatic carboxylic acids is 1. The summed E-state index contributed by atoms with van der Waals surface area (Å²) in [6.07, 6.45) is 0. The van der Waals surface area contributed by atoms with Crippen LogP contribution in [0.5, 0.6) is 0 Å². The predicted molar refractivity (Wildman–Crippen MR) is 111 cm³/mol. The van der Waals surface area contributed by atoms with Crippen LogP contribution >= 0.6 is 23.8 Å². The number of hydrogen-bond acceptors (Lipinski definition) is 4. The van der Waals surface area contributed by atoms with Crippen molar-refractivity contribution in [2.45, 2.75) is 6.92 Å². The van der Waals surface area contributed by atoms with E-state index in [1.54, 1.807) is 24.3 Å². The summed E-state index contributed by atoms with van der Waals surface area (Å²) >= 11 is 11.2. The van der Waals surface area contributed by atoms with Gasteiger partial charge < -0.3 is 14.8 Å². The lowest BCUT2D eigenvalue weighted by Gasteiger charge is -2.09. The molecule has 1 aromatic heterocycles. The maximum atomic E-state index is 12.3. The highest BCUT2D eigenvalue weighted by Crippen LogP contribution is 2.27. The number of carbonyl (C=O) groups is 2. The highest BCUT2D eigenvalue weighted by molar-refractivity contribution is 7.80. The summed E-state index contributed by atoms with van der Waals surface area (Å²) in [5, 5.41) is 14.9. The number of nitrogens with one attached hydrogen (secondary N) is 2. The smallest absolute Gasteiger partial charge is 0.335 e. The van der Waals surface area contributed by atoms with Gasteiger partial charge >= 0.3 is 5.97 Å². The fourth-order valence-corrected chi connectivity index (χ4v) is 2.81. The Morgan fingerprint density at radius 3 is 2.61 bits per heavy atom. The van der Waals surface area contributed by atoms with Gasteiger partial charge in [0.2, 0.25) is 0 Å². The molecule has 0 aliphatic carbocycles. The fourth-order valence-electron chi connectivity index (χ4n) is 2.42. The molecule has 0 fully saturated rings. The number of aryl methyl sites for hydroxylation is 1. The summed E-state index contributed by atoms with van der Waals surface area (Å²) in [5.41, 5.74) is 2.24. The first-order valence-electron chi connectivity index (χ1n) is 8.15. The number of amides is 1. The van der Waals surface area contributed by atoms with Gasteiger partial charge in [0.25, 0.3) is 5.91 Å². The Morgan fingerprint density at radius 2 is 1.89 bits per heavy atom. The molecular formula is C20H15ClN2O4S. The van der Waals surface area contributed by atoms with Gasteiger partial charge in [-0.2, -0.15) is 0 Å². The minimum absolute atomic E-state index is 0.0175. The minimum atomic E-state index is -1.06. The van der Waals surface area contributed by atoms with Crippen LogP contribution in [-0.2, 0) is 0 Å². The monoisotopic (exact) mass is 414 g/mol. The largest absolute Gasteiger partial charge is 0.478 e. The third-order valence-corrected chi connectivity index (χ3v) is 4.49. The third kappa shape index (κ3) is 4.57. The summed E-state index contributed by atoms with van der Waals surface area (Å²) in [7, 11) is 0. The zero-order chi connectivity index (χ0) is 20.3. The molecule has 0 saturated carbocycles. The average Bonchev–Trinajstić information content (AvgIpc) is 3.14. The van der Waals surface area contributed by atoms with Gasteiger partial charge in [0.1, 0.15) is 5.76 Å². The normalized spacial score (nSPS) is 10.4. The number of rotatable bonds is 4. The molecule has 0 aliphatic heterocycles. The molecule has 28 heavy (non-hydrogen) atoms. The van der Waals surface area contributed by atoms with Crippen molar-refractivity contribution in [1.29, 1.82) is 0 Å². The van der Waals surface area contributed by atoms with E-state index in [1.165, 1.54) is 18.2 Å². The van der Waals surface area contributed by atoms with E-state index in [1.807, 2.05) is 19.1 Å². The number of carboxylic acid groups (broad SMARTS) is 1. The van der Waals surface area contributed by atoms with E-state index in [0.29, 0.717) is 16.5 Å². The van der Waals surface area contributed by atoms with Crippen molar-refractivity contribution < 1.29 is 19.1 Å². The van der Waals surface area contributed by atoms with Crippen LogP contribution in [-0.4, -0.2) is 22.1 Å². The maximum absolute atomic E-state index is 12.3. The average molecular weight is 415 g/mol. The van der Waals surface area contributed by atoms with Gasteiger partial charge in [-0.25, -0.2) is 4.79 Å². The topological polar surface area (TPSA) is 91.6 Å². The molecule has 1 heterocycles. The predicted octanol–water partition coefficient (Wildman–Crippen LogP) is 4.73. The van der Waals surface area contributed by atoms with Gasteiger partial charge in [0.15, 0.2) is 10.9 Å². The van der Waals surface area contributed by atoms with E-state index in [4.69, 9.17) is 33.3 Å². The Balaban J connectivity index is 1.67. The molecule has 8 heteroatoms. The Bertz CT molecular complexity index is 1080. The molecule has 3 rings (SSSR count). The van der Waals surface area contributed by atoms with Gasteiger partial charge in [0.05, 0.1) is 5.56 Å². The minimum Gasteiger partial charge on any atom is -0.478 e. The Kier molecular flexibility index (Phi) is 5.77. The van der Waals surface area contributed by atoms with Crippen LogP contribution in [0.25, 0.3) is 11.3 Å². The number of carbonyl (C=O) groups excluding carboxylic acids is 1. The Morgan fingerprint density at radius 1 is 1.11 bits per heavy atom. The molecule has 3 aromatic rings. The van der Waals surface area contributed by atoms with Crippen molar-refractivity contribution in [2.24, 2.45) is 0 Å². The Hall–Kier alpha value is -3.16. The van der Waals surface area contributed by atoms with Crippen LogP contribution in [0.3, 0.4) is 0 Å².